The smallest absolute Gasteiger partial charge is 0.241 e. The Morgan fingerprint density at radius 3 is 2.36 bits per heavy atom. The van der Waals surface area contributed by atoms with E-state index < -0.39 is 10.0 Å². The Balaban J connectivity index is 1.50. The zero-order valence-electron chi connectivity index (χ0n) is 16.7. The van der Waals surface area contributed by atoms with Crippen LogP contribution in [0.2, 0.25) is 0 Å². The zero-order valence-corrected chi connectivity index (χ0v) is 17.6. The van der Waals surface area contributed by atoms with Crippen LogP contribution in [0.4, 0.5) is 0 Å². The van der Waals surface area contributed by atoms with E-state index in [1.54, 1.807) is 24.3 Å². The molecule has 0 radical (unpaired) electrons. The molecule has 3 atom stereocenters. The Bertz CT molecular complexity index is 786. The number of hydrogen-bond donors (Lipinski definition) is 2. The van der Waals surface area contributed by atoms with Crippen molar-refractivity contribution in [1.82, 2.24) is 10.0 Å². The quantitative estimate of drug-likeness (QED) is 0.771. The summed E-state index contributed by atoms with van der Waals surface area (Å²) < 4.78 is 38.7. The largest absolute Gasteiger partial charge is 0.373 e. The standard InChI is InChI=1S/C20H30N2O5S/c1-20(2,3)14-4-7-16(8-5-14)28(24,25)21-13-19(23)22-15-6-9-17-18(12-15)27-11-10-26-17/h4-5,7-8,15,17-18,21H,6,9-13H2,1-3H3,(H,22,23). The average Bonchev–Trinajstić information content (AvgIpc) is 2.66. The van der Waals surface area contributed by atoms with Crippen LogP contribution in [-0.2, 0) is 29.7 Å². The van der Waals surface area contributed by atoms with Gasteiger partial charge in [-0.3, -0.25) is 4.79 Å². The summed E-state index contributed by atoms with van der Waals surface area (Å²) in [5, 5.41) is 2.90. The molecular weight excluding hydrogens is 380 g/mol. The minimum atomic E-state index is -3.73. The maximum absolute atomic E-state index is 12.5. The van der Waals surface area contributed by atoms with Gasteiger partial charge in [-0.25, -0.2) is 13.1 Å². The lowest BCUT2D eigenvalue weighted by atomic mass is 9.87. The highest BCUT2D eigenvalue weighted by atomic mass is 32.2. The first-order chi connectivity index (χ1) is 13.1. The fraction of sp³-hybridized carbons (Fsp3) is 0.650. The molecule has 3 unspecified atom stereocenters. The fourth-order valence-corrected chi connectivity index (χ4v) is 4.64. The third-order valence-electron chi connectivity index (χ3n) is 5.30. The lowest BCUT2D eigenvalue weighted by molar-refractivity contribution is -0.158. The van der Waals surface area contributed by atoms with Crippen molar-refractivity contribution in [2.75, 3.05) is 19.8 Å². The topological polar surface area (TPSA) is 93.7 Å². The highest BCUT2D eigenvalue weighted by Crippen LogP contribution is 2.27. The molecule has 2 N–H and O–H groups in total. The van der Waals surface area contributed by atoms with E-state index in [0.717, 1.165) is 18.4 Å². The maximum atomic E-state index is 12.5. The molecule has 2 fully saturated rings. The van der Waals surface area contributed by atoms with Crippen LogP contribution >= 0.6 is 0 Å². The van der Waals surface area contributed by atoms with Crippen LogP contribution in [0.25, 0.3) is 0 Å². The number of carbonyl (C=O) groups is 1. The Hall–Kier alpha value is -1.48. The van der Waals surface area contributed by atoms with Gasteiger partial charge in [0.25, 0.3) is 0 Å². The van der Waals surface area contributed by atoms with Crippen LogP contribution in [0.15, 0.2) is 29.2 Å². The molecule has 156 valence electrons. The molecule has 1 heterocycles. The van der Waals surface area contributed by atoms with Crippen molar-refractivity contribution in [2.45, 2.75) is 68.6 Å². The van der Waals surface area contributed by atoms with Crippen molar-refractivity contribution in [3.63, 3.8) is 0 Å². The average molecular weight is 411 g/mol. The number of carbonyl (C=O) groups excluding carboxylic acids is 1. The van der Waals surface area contributed by atoms with Gasteiger partial charge in [-0.2, -0.15) is 0 Å². The van der Waals surface area contributed by atoms with Crippen LogP contribution in [0, 0.1) is 0 Å². The molecule has 1 saturated heterocycles. The second-order valence-corrected chi connectivity index (χ2v) is 10.3. The second-order valence-electron chi connectivity index (χ2n) is 8.49. The molecule has 0 spiro atoms. The van der Waals surface area contributed by atoms with Gasteiger partial charge in [0, 0.05) is 6.04 Å². The number of benzene rings is 1. The Labute approximate surface area is 167 Å². The highest BCUT2D eigenvalue weighted by Gasteiger charge is 2.34. The van der Waals surface area contributed by atoms with Crippen LogP contribution in [0.3, 0.4) is 0 Å². The Kier molecular flexibility index (Phi) is 6.44. The molecular formula is C20H30N2O5S. The SMILES string of the molecule is CC(C)(C)c1ccc(S(=O)(=O)NCC(=O)NC2CCC3OCCOC3C2)cc1. The van der Waals surface area contributed by atoms with Crippen molar-refractivity contribution in [1.29, 1.82) is 0 Å². The van der Waals surface area contributed by atoms with Gasteiger partial charge < -0.3 is 14.8 Å². The summed E-state index contributed by atoms with van der Waals surface area (Å²) in [6.07, 6.45) is 2.44. The van der Waals surface area contributed by atoms with Crippen molar-refractivity contribution < 1.29 is 22.7 Å². The van der Waals surface area contributed by atoms with E-state index in [4.69, 9.17) is 9.47 Å². The predicted molar refractivity (Wildman–Crippen MR) is 106 cm³/mol. The minimum Gasteiger partial charge on any atom is -0.373 e. The van der Waals surface area contributed by atoms with Gasteiger partial charge in [0.1, 0.15) is 0 Å². The van der Waals surface area contributed by atoms with Crippen molar-refractivity contribution in [2.24, 2.45) is 0 Å². The lowest BCUT2D eigenvalue weighted by Gasteiger charge is -2.39. The first-order valence-electron chi connectivity index (χ1n) is 9.78. The molecule has 0 bridgehead atoms. The number of nitrogens with one attached hydrogen (secondary N) is 2. The molecule has 1 aliphatic carbocycles. The number of ether oxygens (including phenoxy) is 2. The van der Waals surface area contributed by atoms with E-state index in [1.165, 1.54) is 0 Å². The third-order valence-corrected chi connectivity index (χ3v) is 6.71. The van der Waals surface area contributed by atoms with Crippen LogP contribution in [-0.4, -0.2) is 52.3 Å². The molecule has 3 rings (SSSR count). The van der Waals surface area contributed by atoms with E-state index in [2.05, 4.69) is 30.8 Å². The van der Waals surface area contributed by atoms with Gasteiger partial charge in [0.2, 0.25) is 15.9 Å². The van der Waals surface area contributed by atoms with Crippen molar-refractivity contribution in [3.8, 4) is 0 Å². The Morgan fingerprint density at radius 2 is 1.71 bits per heavy atom. The third kappa shape index (κ3) is 5.31. The molecule has 1 aromatic carbocycles. The zero-order chi connectivity index (χ0) is 20.4. The summed E-state index contributed by atoms with van der Waals surface area (Å²) in [5.41, 5.74) is 0.996. The number of fused-ring (bicyclic) bond motifs is 1. The van der Waals surface area contributed by atoms with Gasteiger partial charge >= 0.3 is 0 Å². The summed E-state index contributed by atoms with van der Waals surface area (Å²) in [6.45, 7) is 7.11. The molecule has 2 aliphatic rings. The summed E-state index contributed by atoms with van der Waals surface area (Å²) >= 11 is 0. The molecule has 1 amide bonds. The first-order valence-corrected chi connectivity index (χ1v) is 11.3. The number of rotatable bonds is 5. The van der Waals surface area contributed by atoms with E-state index in [-0.39, 0.29) is 41.0 Å². The van der Waals surface area contributed by atoms with E-state index in [9.17, 15) is 13.2 Å². The van der Waals surface area contributed by atoms with Gasteiger partial charge in [0.15, 0.2) is 0 Å². The summed E-state index contributed by atoms with van der Waals surface area (Å²) in [6, 6.07) is 6.73. The van der Waals surface area contributed by atoms with Gasteiger partial charge in [-0.1, -0.05) is 32.9 Å². The predicted octanol–water partition coefficient (Wildman–Crippen LogP) is 1.72. The van der Waals surface area contributed by atoms with E-state index in [0.29, 0.717) is 19.6 Å². The highest BCUT2D eigenvalue weighted by molar-refractivity contribution is 7.89. The first kappa shape index (κ1) is 21.2. The normalized spacial score (nSPS) is 25.8. The molecule has 8 heteroatoms. The van der Waals surface area contributed by atoms with Crippen LogP contribution in [0.1, 0.15) is 45.6 Å². The second kappa shape index (κ2) is 8.49. The lowest BCUT2D eigenvalue weighted by Crippen LogP contribution is -2.50. The fourth-order valence-electron chi connectivity index (χ4n) is 3.65. The number of amides is 1. The number of sulfonamides is 1. The van der Waals surface area contributed by atoms with Crippen molar-refractivity contribution >= 4 is 15.9 Å². The monoisotopic (exact) mass is 410 g/mol. The minimum absolute atomic E-state index is 0.00539. The van der Waals surface area contributed by atoms with Gasteiger partial charge in [-0.05, 0) is 42.4 Å². The van der Waals surface area contributed by atoms with Crippen LogP contribution in [0.5, 0.6) is 0 Å². The number of hydrogen-bond acceptors (Lipinski definition) is 5. The summed E-state index contributed by atoms with van der Waals surface area (Å²) in [5.74, 6) is -0.338. The maximum Gasteiger partial charge on any atom is 0.241 e. The summed E-state index contributed by atoms with van der Waals surface area (Å²) in [7, 11) is -3.73. The molecule has 1 aromatic rings. The van der Waals surface area contributed by atoms with Crippen molar-refractivity contribution in [3.05, 3.63) is 29.8 Å². The summed E-state index contributed by atoms with van der Waals surface area (Å²) in [4.78, 5) is 12.4. The van der Waals surface area contributed by atoms with Crippen LogP contribution < -0.4 is 10.0 Å². The molecule has 7 nitrogen and oxygen atoms in total. The van der Waals surface area contributed by atoms with E-state index in [1.807, 2.05) is 0 Å². The Morgan fingerprint density at radius 1 is 1.07 bits per heavy atom. The molecule has 1 saturated carbocycles. The molecule has 0 aromatic heterocycles. The van der Waals surface area contributed by atoms with Gasteiger partial charge in [-0.15, -0.1) is 0 Å². The van der Waals surface area contributed by atoms with E-state index >= 15 is 0 Å². The van der Waals surface area contributed by atoms with Gasteiger partial charge in [0.05, 0.1) is 36.9 Å². The molecule has 28 heavy (non-hydrogen) atoms. The molecule has 1 aliphatic heterocycles.